The molecule has 27 heavy (non-hydrogen) atoms. The number of nitrogens with one attached hydrogen (secondary N) is 1. The van der Waals surface area contributed by atoms with Crippen molar-refractivity contribution < 1.29 is 13.2 Å². The van der Waals surface area contributed by atoms with Crippen molar-refractivity contribution in [3.05, 3.63) is 64.7 Å². The Morgan fingerprint density at radius 3 is 2.26 bits per heavy atom. The van der Waals surface area contributed by atoms with Gasteiger partial charge in [-0.05, 0) is 62.4 Å². The third-order valence-corrected chi connectivity index (χ3v) is 5.69. The Morgan fingerprint density at radius 2 is 1.67 bits per heavy atom. The molecule has 1 amide bonds. The van der Waals surface area contributed by atoms with Crippen LogP contribution in [0.5, 0.6) is 0 Å². The van der Waals surface area contributed by atoms with E-state index in [0.29, 0.717) is 12.2 Å². The Labute approximate surface area is 162 Å². The van der Waals surface area contributed by atoms with Gasteiger partial charge in [0, 0.05) is 6.54 Å². The van der Waals surface area contributed by atoms with Gasteiger partial charge in [-0.2, -0.15) is 0 Å². The highest BCUT2D eigenvalue weighted by Gasteiger charge is 2.21. The Balaban J connectivity index is 1.92. The van der Waals surface area contributed by atoms with Gasteiger partial charge in [-0.1, -0.05) is 35.9 Å². The van der Waals surface area contributed by atoms with Gasteiger partial charge in [0.25, 0.3) is 0 Å². The lowest BCUT2D eigenvalue weighted by molar-refractivity contribution is -0.119. The molecule has 2 aromatic rings. The smallest absolute Gasteiger partial charge is 0.240 e. The molecule has 0 heterocycles. The molecular formula is C21H28N2O3S. The monoisotopic (exact) mass is 388 g/mol. The summed E-state index contributed by atoms with van der Waals surface area (Å²) in [6.45, 7) is 6.23. The summed E-state index contributed by atoms with van der Waals surface area (Å²) in [6, 6.07) is 13.7. The normalized spacial score (nSPS) is 11.3. The van der Waals surface area contributed by atoms with Gasteiger partial charge >= 0.3 is 0 Å². The number of aryl methyl sites for hydroxylation is 4. The molecule has 5 nitrogen and oxygen atoms in total. The van der Waals surface area contributed by atoms with E-state index in [9.17, 15) is 13.2 Å². The number of carbonyl (C=O) groups is 1. The third kappa shape index (κ3) is 6.40. The quantitative estimate of drug-likeness (QED) is 0.707. The molecule has 0 aliphatic heterocycles. The van der Waals surface area contributed by atoms with E-state index in [-0.39, 0.29) is 12.5 Å². The van der Waals surface area contributed by atoms with Crippen LogP contribution in [0, 0.1) is 20.8 Å². The summed E-state index contributed by atoms with van der Waals surface area (Å²) < 4.78 is 25.5. The molecule has 2 aromatic carbocycles. The first-order chi connectivity index (χ1) is 12.7. The maximum absolute atomic E-state index is 12.3. The summed E-state index contributed by atoms with van der Waals surface area (Å²) >= 11 is 0. The first kappa shape index (κ1) is 21.0. The van der Waals surface area contributed by atoms with Crippen LogP contribution in [0.3, 0.4) is 0 Å². The molecule has 0 aromatic heterocycles. The Kier molecular flexibility index (Phi) is 7.02. The van der Waals surface area contributed by atoms with Crippen molar-refractivity contribution in [1.82, 2.24) is 5.32 Å². The van der Waals surface area contributed by atoms with E-state index in [1.165, 1.54) is 11.1 Å². The molecule has 6 heteroatoms. The van der Waals surface area contributed by atoms with Crippen LogP contribution in [-0.4, -0.2) is 33.7 Å². The van der Waals surface area contributed by atoms with Crippen LogP contribution in [0.1, 0.15) is 28.7 Å². The number of hydrogen-bond acceptors (Lipinski definition) is 3. The van der Waals surface area contributed by atoms with Crippen molar-refractivity contribution in [2.45, 2.75) is 33.6 Å². The number of rotatable bonds is 8. The predicted octanol–water partition coefficient (Wildman–Crippen LogP) is 3.13. The SMILES string of the molecule is Cc1ccc(CCCNC(=O)CN(c2ccc(C)c(C)c2)S(C)(=O)=O)cc1. The fraction of sp³-hybridized carbons (Fsp3) is 0.381. The van der Waals surface area contributed by atoms with E-state index in [0.717, 1.165) is 34.5 Å². The average molecular weight is 389 g/mol. The lowest BCUT2D eigenvalue weighted by atomic mass is 10.1. The van der Waals surface area contributed by atoms with Gasteiger partial charge in [-0.25, -0.2) is 8.42 Å². The first-order valence-corrected chi connectivity index (χ1v) is 10.9. The van der Waals surface area contributed by atoms with Gasteiger partial charge in [0.2, 0.25) is 15.9 Å². The van der Waals surface area contributed by atoms with E-state index in [1.54, 1.807) is 12.1 Å². The lowest BCUT2D eigenvalue weighted by Gasteiger charge is -2.22. The van der Waals surface area contributed by atoms with Crippen molar-refractivity contribution >= 4 is 21.6 Å². The van der Waals surface area contributed by atoms with Gasteiger partial charge in [0.1, 0.15) is 6.54 Å². The van der Waals surface area contributed by atoms with Crippen molar-refractivity contribution in [1.29, 1.82) is 0 Å². The van der Waals surface area contributed by atoms with E-state index in [2.05, 4.69) is 29.6 Å². The molecule has 0 saturated heterocycles. The van der Waals surface area contributed by atoms with Gasteiger partial charge in [0.15, 0.2) is 0 Å². The molecule has 0 aliphatic rings. The number of nitrogens with zero attached hydrogens (tertiary/aromatic N) is 1. The maximum Gasteiger partial charge on any atom is 0.240 e. The van der Waals surface area contributed by atoms with Gasteiger partial charge < -0.3 is 5.32 Å². The third-order valence-electron chi connectivity index (χ3n) is 4.55. The van der Waals surface area contributed by atoms with Crippen LogP contribution < -0.4 is 9.62 Å². The van der Waals surface area contributed by atoms with Crippen molar-refractivity contribution in [3.63, 3.8) is 0 Å². The van der Waals surface area contributed by atoms with Crippen LogP contribution in [0.2, 0.25) is 0 Å². The largest absolute Gasteiger partial charge is 0.355 e. The molecule has 0 unspecified atom stereocenters. The fourth-order valence-electron chi connectivity index (χ4n) is 2.74. The average Bonchev–Trinajstić information content (AvgIpc) is 2.60. The molecule has 0 spiro atoms. The molecule has 146 valence electrons. The minimum absolute atomic E-state index is 0.216. The molecule has 0 saturated carbocycles. The molecule has 0 radical (unpaired) electrons. The van der Waals surface area contributed by atoms with Gasteiger partial charge in [-0.3, -0.25) is 9.10 Å². The standard InChI is InChI=1S/C21H28N2O3S/c1-16-7-10-19(11-8-16)6-5-13-22-21(24)15-23(27(4,25)26)20-12-9-17(2)18(3)14-20/h7-12,14H,5-6,13,15H2,1-4H3,(H,22,24). The minimum atomic E-state index is -3.55. The molecular weight excluding hydrogens is 360 g/mol. The summed E-state index contributed by atoms with van der Waals surface area (Å²) in [4.78, 5) is 12.3. The molecule has 0 atom stereocenters. The summed E-state index contributed by atoms with van der Waals surface area (Å²) in [7, 11) is -3.55. The number of amides is 1. The number of anilines is 1. The maximum atomic E-state index is 12.3. The topological polar surface area (TPSA) is 66.5 Å². The highest BCUT2D eigenvalue weighted by molar-refractivity contribution is 7.92. The van der Waals surface area contributed by atoms with Crippen LogP contribution in [0.25, 0.3) is 0 Å². The van der Waals surface area contributed by atoms with Crippen LogP contribution in [0.15, 0.2) is 42.5 Å². The highest BCUT2D eigenvalue weighted by atomic mass is 32.2. The Bertz CT molecular complexity index is 890. The second-order valence-corrected chi connectivity index (χ2v) is 8.88. The summed E-state index contributed by atoms with van der Waals surface area (Å²) in [6.07, 6.45) is 2.79. The van der Waals surface area contributed by atoms with Crippen molar-refractivity contribution in [2.24, 2.45) is 0 Å². The van der Waals surface area contributed by atoms with E-state index >= 15 is 0 Å². The molecule has 0 fully saturated rings. The number of benzene rings is 2. The number of carbonyl (C=O) groups excluding carboxylic acids is 1. The van der Waals surface area contributed by atoms with Gasteiger partial charge in [-0.15, -0.1) is 0 Å². The molecule has 2 rings (SSSR count). The van der Waals surface area contributed by atoms with Crippen molar-refractivity contribution in [2.75, 3.05) is 23.7 Å². The second-order valence-electron chi connectivity index (χ2n) is 6.98. The van der Waals surface area contributed by atoms with E-state index in [1.807, 2.05) is 26.8 Å². The minimum Gasteiger partial charge on any atom is -0.355 e. The zero-order valence-corrected chi connectivity index (χ0v) is 17.3. The summed E-state index contributed by atoms with van der Waals surface area (Å²) in [5.41, 5.74) is 5.02. The Hall–Kier alpha value is -2.34. The van der Waals surface area contributed by atoms with E-state index < -0.39 is 10.0 Å². The van der Waals surface area contributed by atoms with Crippen molar-refractivity contribution in [3.8, 4) is 0 Å². The second kappa shape index (κ2) is 9.04. The first-order valence-electron chi connectivity index (χ1n) is 9.04. The fourth-order valence-corrected chi connectivity index (χ4v) is 3.59. The molecule has 0 aliphatic carbocycles. The van der Waals surface area contributed by atoms with Crippen LogP contribution in [-0.2, 0) is 21.2 Å². The zero-order valence-electron chi connectivity index (χ0n) is 16.5. The summed E-state index contributed by atoms with van der Waals surface area (Å²) in [5.74, 6) is -0.303. The van der Waals surface area contributed by atoms with E-state index in [4.69, 9.17) is 0 Å². The summed E-state index contributed by atoms with van der Waals surface area (Å²) in [5, 5.41) is 2.82. The Morgan fingerprint density at radius 1 is 1.00 bits per heavy atom. The molecule has 1 N–H and O–H groups in total. The van der Waals surface area contributed by atoms with Crippen LogP contribution >= 0.6 is 0 Å². The lowest BCUT2D eigenvalue weighted by Crippen LogP contribution is -2.40. The number of hydrogen-bond donors (Lipinski definition) is 1. The number of sulfonamides is 1. The predicted molar refractivity (Wildman–Crippen MR) is 111 cm³/mol. The van der Waals surface area contributed by atoms with Crippen LogP contribution in [0.4, 0.5) is 5.69 Å². The highest BCUT2D eigenvalue weighted by Crippen LogP contribution is 2.21. The van der Waals surface area contributed by atoms with Gasteiger partial charge in [0.05, 0.1) is 11.9 Å². The molecule has 0 bridgehead atoms. The zero-order chi connectivity index (χ0) is 20.0.